The van der Waals surface area contributed by atoms with Crippen molar-refractivity contribution in [2.75, 3.05) is 0 Å². The molecule has 2 heterocycles. The number of aromatic nitrogens is 4. The fraction of sp³-hybridized carbons (Fsp3) is 0.400. The Morgan fingerprint density at radius 2 is 1.86 bits per heavy atom. The van der Waals surface area contributed by atoms with Crippen LogP contribution in [0.4, 0.5) is 0 Å². The molecule has 0 atom stereocenters. The summed E-state index contributed by atoms with van der Waals surface area (Å²) in [4.78, 5) is 8.77. The first-order chi connectivity index (χ1) is 6.61. The molecule has 4 heteroatoms. The van der Waals surface area contributed by atoms with Crippen LogP contribution in [-0.4, -0.2) is 19.1 Å². The van der Waals surface area contributed by atoms with Crippen molar-refractivity contribution in [3.05, 3.63) is 23.8 Å². The van der Waals surface area contributed by atoms with E-state index >= 15 is 0 Å². The molecule has 0 aliphatic rings. The summed E-state index contributed by atoms with van der Waals surface area (Å²) in [7, 11) is 3.99. The molecule has 4 nitrogen and oxygen atoms in total. The topological polar surface area (TPSA) is 35.6 Å². The molecule has 0 saturated carbocycles. The standard InChI is InChI=1S/C10H14N4/c1-7-8(2)14(4)10(12-7)9-11-5-6-13(9)3/h5-6H,1-4H3. The van der Waals surface area contributed by atoms with E-state index in [1.807, 2.05) is 31.8 Å². The van der Waals surface area contributed by atoms with Crippen molar-refractivity contribution in [3.8, 4) is 11.6 Å². The maximum Gasteiger partial charge on any atom is 0.176 e. The van der Waals surface area contributed by atoms with Crippen LogP contribution < -0.4 is 0 Å². The molecular weight excluding hydrogens is 176 g/mol. The maximum atomic E-state index is 4.49. The molecule has 0 fully saturated rings. The van der Waals surface area contributed by atoms with Crippen molar-refractivity contribution in [2.45, 2.75) is 13.8 Å². The van der Waals surface area contributed by atoms with Gasteiger partial charge in [-0.1, -0.05) is 0 Å². The minimum Gasteiger partial charge on any atom is -0.331 e. The lowest BCUT2D eigenvalue weighted by molar-refractivity contribution is 0.841. The summed E-state index contributed by atoms with van der Waals surface area (Å²) in [5.41, 5.74) is 2.24. The van der Waals surface area contributed by atoms with E-state index in [2.05, 4.69) is 21.5 Å². The molecule has 74 valence electrons. The summed E-state index contributed by atoms with van der Waals surface area (Å²) in [6.07, 6.45) is 3.71. The van der Waals surface area contributed by atoms with E-state index in [0.29, 0.717) is 0 Å². The van der Waals surface area contributed by atoms with Crippen molar-refractivity contribution in [2.24, 2.45) is 14.1 Å². The molecule has 14 heavy (non-hydrogen) atoms. The van der Waals surface area contributed by atoms with Crippen molar-refractivity contribution in [1.82, 2.24) is 19.1 Å². The Morgan fingerprint density at radius 1 is 1.14 bits per heavy atom. The number of rotatable bonds is 1. The molecule has 2 aromatic heterocycles. The highest BCUT2D eigenvalue weighted by molar-refractivity contribution is 5.47. The Bertz CT molecular complexity index is 464. The second kappa shape index (κ2) is 2.97. The highest BCUT2D eigenvalue weighted by atomic mass is 15.1. The zero-order valence-corrected chi connectivity index (χ0v) is 8.94. The second-order valence-corrected chi connectivity index (χ2v) is 3.53. The number of hydrogen-bond donors (Lipinski definition) is 0. The predicted octanol–water partition coefficient (Wildman–Crippen LogP) is 1.44. The largest absolute Gasteiger partial charge is 0.331 e. The van der Waals surface area contributed by atoms with Crippen LogP contribution in [0.25, 0.3) is 11.6 Å². The van der Waals surface area contributed by atoms with Crippen molar-refractivity contribution < 1.29 is 0 Å². The molecule has 0 aromatic carbocycles. The number of aryl methyl sites for hydroxylation is 2. The molecular formula is C10H14N4. The Hall–Kier alpha value is -1.58. The molecule has 0 N–H and O–H groups in total. The third-order valence-electron chi connectivity index (χ3n) is 2.64. The summed E-state index contributed by atoms with van der Waals surface area (Å²) >= 11 is 0. The Balaban J connectivity index is 2.63. The first-order valence-corrected chi connectivity index (χ1v) is 4.59. The zero-order valence-electron chi connectivity index (χ0n) is 8.94. The molecule has 0 radical (unpaired) electrons. The van der Waals surface area contributed by atoms with Crippen molar-refractivity contribution >= 4 is 0 Å². The molecule has 0 saturated heterocycles. The first-order valence-electron chi connectivity index (χ1n) is 4.59. The van der Waals surface area contributed by atoms with Crippen LogP contribution >= 0.6 is 0 Å². The average Bonchev–Trinajstić information content (AvgIpc) is 2.66. The van der Waals surface area contributed by atoms with Gasteiger partial charge in [-0.3, -0.25) is 0 Å². The van der Waals surface area contributed by atoms with Gasteiger partial charge in [-0.2, -0.15) is 0 Å². The summed E-state index contributed by atoms with van der Waals surface area (Å²) in [6.45, 7) is 4.08. The second-order valence-electron chi connectivity index (χ2n) is 3.53. The molecule has 0 amide bonds. The molecule has 2 aromatic rings. The highest BCUT2D eigenvalue weighted by Gasteiger charge is 2.12. The fourth-order valence-corrected chi connectivity index (χ4v) is 1.50. The van der Waals surface area contributed by atoms with Crippen molar-refractivity contribution in [1.29, 1.82) is 0 Å². The Labute approximate surface area is 83.2 Å². The van der Waals surface area contributed by atoms with Crippen molar-refractivity contribution in [3.63, 3.8) is 0 Å². The van der Waals surface area contributed by atoms with Crippen LogP contribution in [0.5, 0.6) is 0 Å². The van der Waals surface area contributed by atoms with Crippen LogP contribution in [0.15, 0.2) is 12.4 Å². The molecule has 0 spiro atoms. The van der Waals surface area contributed by atoms with Gasteiger partial charge in [-0.25, -0.2) is 9.97 Å². The molecule has 0 aliphatic carbocycles. The van der Waals surface area contributed by atoms with Gasteiger partial charge >= 0.3 is 0 Å². The predicted molar refractivity (Wildman–Crippen MR) is 54.9 cm³/mol. The van der Waals surface area contributed by atoms with Gasteiger partial charge in [0.15, 0.2) is 11.6 Å². The zero-order chi connectivity index (χ0) is 10.3. The average molecular weight is 190 g/mol. The monoisotopic (exact) mass is 190 g/mol. The third-order valence-corrected chi connectivity index (χ3v) is 2.64. The van der Waals surface area contributed by atoms with E-state index in [0.717, 1.165) is 17.3 Å². The number of imidazole rings is 2. The fourth-order valence-electron chi connectivity index (χ4n) is 1.50. The summed E-state index contributed by atoms with van der Waals surface area (Å²) in [6, 6.07) is 0. The van der Waals surface area contributed by atoms with E-state index in [-0.39, 0.29) is 0 Å². The molecule has 0 unspecified atom stereocenters. The lowest BCUT2D eigenvalue weighted by Crippen LogP contribution is -2.00. The van der Waals surface area contributed by atoms with E-state index in [1.54, 1.807) is 6.20 Å². The SMILES string of the molecule is Cc1nc(-c2nccn2C)n(C)c1C. The molecule has 2 rings (SSSR count). The maximum absolute atomic E-state index is 4.49. The van der Waals surface area contributed by atoms with Crippen LogP contribution in [0.3, 0.4) is 0 Å². The van der Waals surface area contributed by atoms with Crippen LogP contribution in [0.2, 0.25) is 0 Å². The van der Waals surface area contributed by atoms with Gasteiger partial charge in [0, 0.05) is 32.2 Å². The Morgan fingerprint density at radius 3 is 2.29 bits per heavy atom. The summed E-state index contributed by atoms with van der Waals surface area (Å²) < 4.78 is 4.04. The third kappa shape index (κ3) is 1.14. The van der Waals surface area contributed by atoms with Gasteiger partial charge < -0.3 is 9.13 Å². The van der Waals surface area contributed by atoms with Crippen LogP contribution in [0, 0.1) is 13.8 Å². The Kier molecular flexibility index (Phi) is 1.91. The number of nitrogens with zero attached hydrogens (tertiary/aromatic N) is 4. The van der Waals surface area contributed by atoms with Crippen LogP contribution in [-0.2, 0) is 14.1 Å². The summed E-state index contributed by atoms with van der Waals surface area (Å²) in [5, 5.41) is 0. The van der Waals surface area contributed by atoms with Gasteiger partial charge in [0.1, 0.15) is 0 Å². The van der Waals surface area contributed by atoms with Gasteiger partial charge in [-0.15, -0.1) is 0 Å². The lowest BCUT2D eigenvalue weighted by Gasteiger charge is -2.02. The minimum atomic E-state index is 0.906. The smallest absolute Gasteiger partial charge is 0.176 e. The van der Waals surface area contributed by atoms with Gasteiger partial charge in [-0.05, 0) is 13.8 Å². The van der Waals surface area contributed by atoms with Crippen LogP contribution in [0.1, 0.15) is 11.4 Å². The van der Waals surface area contributed by atoms with Gasteiger partial charge in [0.25, 0.3) is 0 Å². The van der Waals surface area contributed by atoms with E-state index in [9.17, 15) is 0 Å². The highest BCUT2D eigenvalue weighted by Crippen LogP contribution is 2.17. The normalized spacial score (nSPS) is 10.9. The molecule has 0 aliphatic heterocycles. The minimum absolute atomic E-state index is 0.906. The van der Waals surface area contributed by atoms with E-state index < -0.39 is 0 Å². The quantitative estimate of drug-likeness (QED) is 0.682. The molecule has 0 bridgehead atoms. The van der Waals surface area contributed by atoms with E-state index in [1.165, 1.54) is 5.69 Å². The van der Waals surface area contributed by atoms with Gasteiger partial charge in [0.05, 0.1) is 5.69 Å². The van der Waals surface area contributed by atoms with Gasteiger partial charge in [0.2, 0.25) is 0 Å². The summed E-state index contributed by atoms with van der Waals surface area (Å²) in [5.74, 6) is 1.83. The van der Waals surface area contributed by atoms with E-state index in [4.69, 9.17) is 0 Å². The first kappa shape index (κ1) is 8.99. The lowest BCUT2D eigenvalue weighted by atomic mass is 10.4. The number of hydrogen-bond acceptors (Lipinski definition) is 2.